The van der Waals surface area contributed by atoms with Crippen LogP contribution in [0.3, 0.4) is 0 Å². The number of nitrogens with zero attached hydrogens (tertiary/aromatic N) is 2. The third-order valence-electron chi connectivity index (χ3n) is 5.85. The molecule has 1 aromatic carbocycles. The van der Waals surface area contributed by atoms with Gasteiger partial charge in [-0.3, -0.25) is 9.59 Å². The van der Waals surface area contributed by atoms with E-state index in [1.54, 1.807) is 23.2 Å². The number of rotatable bonds is 5. The molecule has 2 aliphatic rings. The number of aromatic nitrogens is 1. The number of pyridine rings is 1. The van der Waals surface area contributed by atoms with E-state index < -0.39 is 0 Å². The van der Waals surface area contributed by atoms with E-state index in [9.17, 15) is 9.59 Å². The van der Waals surface area contributed by atoms with Crippen LogP contribution in [0.4, 0.5) is 5.69 Å². The minimum atomic E-state index is -0.300. The highest BCUT2D eigenvalue weighted by Gasteiger charge is 2.36. The summed E-state index contributed by atoms with van der Waals surface area (Å²) in [5.41, 5.74) is 2.00. The lowest BCUT2D eigenvalue weighted by molar-refractivity contribution is -0.127. The second-order valence-corrected chi connectivity index (χ2v) is 8.59. The Hall–Kier alpha value is -2.60. The molecule has 2 fully saturated rings. The number of hydrogen-bond donors (Lipinski definition) is 1. The molecule has 6 nitrogen and oxygen atoms in total. The smallest absolute Gasteiger partial charge is 0.227 e. The van der Waals surface area contributed by atoms with Gasteiger partial charge in [0, 0.05) is 37.0 Å². The number of carbonyl (C=O) groups excluding carboxylic acids is 2. The molecule has 2 amide bonds. The molecule has 0 bridgehead atoms. The zero-order valence-electron chi connectivity index (χ0n) is 17.0. The second kappa shape index (κ2) is 9.04. The topological polar surface area (TPSA) is 71.5 Å². The number of ether oxygens (including phenoxy) is 1. The Morgan fingerprint density at radius 3 is 2.53 bits per heavy atom. The molecular weight excluding hydrogens is 402 g/mol. The molecule has 0 spiro atoms. The fourth-order valence-electron chi connectivity index (χ4n) is 4.10. The van der Waals surface area contributed by atoms with Crippen LogP contribution >= 0.6 is 11.6 Å². The van der Waals surface area contributed by atoms with Crippen LogP contribution in [0.15, 0.2) is 42.6 Å². The van der Waals surface area contributed by atoms with E-state index in [1.807, 2.05) is 31.2 Å². The number of halogens is 1. The van der Waals surface area contributed by atoms with Crippen LogP contribution in [0.25, 0.3) is 0 Å². The summed E-state index contributed by atoms with van der Waals surface area (Å²) in [6, 6.07) is 11.5. The van der Waals surface area contributed by atoms with Crippen molar-refractivity contribution in [2.75, 3.05) is 11.4 Å². The summed E-state index contributed by atoms with van der Waals surface area (Å²) in [5, 5.41) is 3.73. The Balaban J connectivity index is 1.25. The van der Waals surface area contributed by atoms with Gasteiger partial charge in [0.25, 0.3) is 0 Å². The number of benzene rings is 1. The molecule has 1 saturated carbocycles. The van der Waals surface area contributed by atoms with Crippen LogP contribution in [0.5, 0.6) is 5.88 Å². The van der Waals surface area contributed by atoms with Gasteiger partial charge in [-0.25, -0.2) is 4.98 Å². The lowest BCUT2D eigenvalue weighted by Crippen LogP contribution is -2.43. The number of carbonyl (C=O) groups is 2. The molecule has 1 aromatic heterocycles. The monoisotopic (exact) mass is 427 g/mol. The predicted molar refractivity (Wildman–Crippen MR) is 116 cm³/mol. The van der Waals surface area contributed by atoms with Crippen molar-refractivity contribution in [1.29, 1.82) is 0 Å². The number of hydrogen-bond acceptors (Lipinski definition) is 4. The van der Waals surface area contributed by atoms with Gasteiger partial charge in [-0.2, -0.15) is 0 Å². The predicted octanol–water partition coefficient (Wildman–Crippen LogP) is 3.90. The van der Waals surface area contributed by atoms with Crippen molar-refractivity contribution in [3.05, 3.63) is 53.2 Å². The fraction of sp³-hybridized carbons (Fsp3) is 0.435. The molecule has 7 heteroatoms. The standard InChI is InChI=1S/C23H26ClN3O3/c1-15-2-7-19(8-3-15)27-14-16(12-22(27)28)23(29)26-18-5-9-20(10-6-18)30-21-11-4-17(24)13-25-21/h2-4,7-8,11,13,16,18,20H,5-6,9-10,12,14H2,1H3,(H,26,29). The maximum absolute atomic E-state index is 12.8. The summed E-state index contributed by atoms with van der Waals surface area (Å²) in [5.74, 6) is 0.256. The molecule has 1 saturated heterocycles. The molecule has 30 heavy (non-hydrogen) atoms. The van der Waals surface area contributed by atoms with Crippen molar-refractivity contribution in [2.24, 2.45) is 5.92 Å². The summed E-state index contributed by atoms with van der Waals surface area (Å²) in [6.07, 6.45) is 5.35. The Kier molecular flexibility index (Phi) is 6.23. The third-order valence-corrected chi connectivity index (χ3v) is 6.07. The van der Waals surface area contributed by atoms with Crippen LogP contribution in [0, 0.1) is 12.8 Å². The minimum Gasteiger partial charge on any atom is -0.474 e. The van der Waals surface area contributed by atoms with Gasteiger partial charge in [-0.1, -0.05) is 29.3 Å². The van der Waals surface area contributed by atoms with E-state index in [1.165, 1.54) is 0 Å². The molecule has 1 unspecified atom stereocenters. The first kappa shape index (κ1) is 20.7. The van der Waals surface area contributed by atoms with Crippen molar-refractivity contribution < 1.29 is 14.3 Å². The van der Waals surface area contributed by atoms with Crippen LogP contribution in [0.2, 0.25) is 5.02 Å². The van der Waals surface area contributed by atoms with Gasteiger partial charge >= 0.3 is 0 Å². The maximum atomic E-state index is 12.8. The Bertz CT molecular complexity index is 893. The summed E-state index contributed by atoms with van der Waals surface area (Å²) >= 11 is 5.85. The normalized spacial score (nSPS) is 24.0. The first-order valence-corrected chi connectivity index (χ1v) is 10.8. The van der Waals surface area contributed by atoms with Crippen molar-refractivity contribution >= 4 is 29.1 Å². The van der Waals surface area contributed by atoms with Gasteiger partial charge in [-0.05, 0) is 50.8 Å². The number of anilines is 1. The van der Waals surface area contributed by atoms with E-state index in [2.05, 4.69) is 10.3 Å². The summed E-state index contributed by atoms with van der Waals surface area (Å²) < 4.78 is 5.92. The third kappa shape index (κ3) is 4.93. The molecule has 4 rings (SSSR count). The number of amides is 2. The molecule has 1 aliphatic carbocycles. The van der Waals surface area contributed by atoms with E-state index in [0.29, 0.717) is 17.4 Å². The molecule has 2 aromatic rings. The first-order valence-electron chi connectivity index (χ1n) is 10.4. The lowest BCUT2D eigenvalue weighted by atomic mass is 9.92. The molecule has 1 aliphatic heterocycles. The van der Waals surface area contributed by atoms with Crippen molar-refractivity contribution in [3.63, 3.8) is 0 Å². The van der Waals surface area contributed by atoms with E-state index in [-0.39, 0.29) is 36.3 Å². The molecule has 158 valence electrons. The molecule has 1 atom stereocenters. The number of nitrogens with one attached hydrogen (secondary N) is 1. The highest BCUT2D eigenvalue weighted by Crippen LogP contribution is 2.27. The van der Waals surface area contributed by atoms with Gasteiger partial charge in [0.2, 0.25) is 17.7 Å². The van der Waals surface area contributed by atoms with Crippen molar-refractivity contribution in [3.8, 4) is 5.88 Å². The molecule has 0 radical (unpaired) electrons. The van der Waals surface area contributed by atoms with Gasteiger partial charge < -0.3 is 15.0 Å². The van der Waals surface area contributed by atoms with Crippen LogP contribution in [0.1, 0.15) is 37.7 Å². The Morgan fingerprint density at radius 2 is 1.87 bits per heavy atom. The SMILES string of the molecule is Cc1ccc(N2CC(C(=O)NC3CCC(Oc4ccc(Cl)cn4)CC3)CC2=O)cc1. The van der Waals surface area contributed by atoms with Crippen LogP contribution in [-0.4, -0.2) is 35.5 Å². The lowest BCUT2D eigenvalue weighted by Gasteiger charge is -2.29. The quantitative estimate of drug-likeness (QED) is 0.785. The molecule has 1 N–H and O–H groups in total. The van der Waals surface area contributed by atoms with Gasteiger partial charge in [-0.15, -0.1) is 0 Å². The van der Waals surface area contributed by atoms with Crippen molar-refractivity contribution in [2.45, 2.75) is 51.2 Å². The number of aryl methyl sites for hydroxylation is 1. The Labute approximate surface area is 181 Å². The highest BCUT2D eigenvalue weighted by atomic mass is 35.5. The van der Waals surface area contributed by atoms with Crippen LogP contribution in [-0.2, 0) is 9.59 Å². The van der Waals surface area contributed by atoms with Gasteiger partial charge in [0.15, 0.2) is 0 Å². The summed E-state index contributed by atoms with van der Waals surface area (Å²) in [7, 11) is 0. The van der Waals surface area contributed by atoms with E-state index in [0.717, 1.165) is 36.9 Å². The van der Waals surface area contributed by atoms with E-state index >= 15 is 0 Å². The highest BCUT2D eigenvalue weighted by molar-refractivity contribution is 6.30. The van der Waals surface area contributed by atoms with Crippen molar-refractivity contribution in [1.82, 2.24) is 10.3 Å². The summed E-state index contributed by atoms with van der Waals surface area (Å²) in [6.45, 7) is 2.45. The van der Waals surface area contributed by atoms with Gasteiger partial charge in [0.05, 0.1) is 10.9 Å². The summed E-state index contributed by atoms with van der Waals surface area (Å²) in [4.78, 5) is 31.1. The molecule has 2 heterocycles. The van der Waals surface area contributed by atoms with Crippen LogP contribution < -0.4 is 15.0 Å². The second-order valence-electron chi connectivity index (χ2n) is 8.16. The van der Waals surface area contributed by atoms with E-state index in [4.69, 9.17) is 16.3 Å². The fourth-order valence-corrected chi connectivity index (χ4v) is 4.22. The minimum absolute atomic E-state index is 0.00609. The molecular formula is C23H26ClN3O3. The first-order chi connectivity index (χ1) is 14.5. The maximum Gasteiger partial charge on any atom is 0.227 e. The average Bonchev–Trinajstić information content (AvgIpc) is 3.13. The average molecular weight is 428 g/mol. The largest absolute Gasteiger partial charge is 0.474 e. The Morgan fingerprint density at radius 1 is 1.13 bits per heavy atom. The zero-order chi connectivity index (χ0) is 21.1. The van der Waals surface area contributed by atoms with Gasteiger partial charge in [0.1, 0.15) is 6.10 Å². The zero-order valence-corrected chi connectivity index (χ0v) is 17.8.